The average Bonchev–Trinajstić information content (AvgIpc) is 3.30. The standard InChI is InChI=1S/C21H26N4O/c26-21(12-6-7-16-15-22-19-11-5-4-10-18(16)19)24-20-13-14-23-25(20)17-8-2-1-3-9-17/h4-5,10-11,13-15,17,22H,1-3,6-9,12H2,(H,24,26). The molecule has 1 fully saturated rings. The fourth-order valence-corrected chi connectivity index (χ4v) is 4.01. The van der Waals surface area contributed by atoms with Gasteiger partial charge in [0, 0.05) is 29.6 Å². The van der Waals surface area contributed by atoms with Crippen molar-refractivity contribution in [1.82, 2.24) is 14.8 Å². The zero-order valence-electron chi connectivity index (χ0n) is 15.1. The van der Waals surface area contributed by atoms with Gasteiger partial charge in [-0.3, -0.25) is 4.79 Å². The molecule has 0 bridgehead atoms. The molecular weight excluding hydrogens is 324 g/mol. The third-order valence-corrected chi connectivity index (χ3v) is 5.38. The number of rotatable bonds is 6. The maximum atomic E-state index is 12.4. The van der Waals surface area contributed by atoms with Crippen molar-refractivity contribution in [2.24, 2.45) is 0 Å². The van der Waals surface area contributed by atoms with Gasteiger partial charge in [0.1, 0.15) is 5.82 Å². The molecule has 1 amide bonds. The Morgan fingerprint density at radius 3 is 2.92 bits per heavy atom. The number of aromatic amines is 1. The van der Waals surface area contributed by atoms with E-state index in [2.05, 4.69) is 39.8 Å². The third kappa shape index (κ3) is 3.66. The first-order valence-electron chi connectivity index (χ1n) is 9.69. The van der Waals surface area contributed by atoms with Crippen molar-refractivity contribution in [2.75, 3.05) is 5.32 Å². The molecule has 2 aromatic heterocycles. The van der Waals surface area contributed by atoms with E-state index in [0.29, 0.717) is 12.5 Å². The molecule has 136 valence electrons. The summed E-state index contributed by atoms with van der Waals surface area (Å²) in [5.41, 5.74) is 2.43. The van der Waals surface area contributed by atoms with Gasteiger partial charge in [-0.2, -0.15) is 5.10 Å². The van der Waals surface area contributed by atoms with E-state index in [1.165, 1.54) is 30.2 Å². The Hall–Kier alpha value is -2.56. The molecule has 0 spiro atoms. The molecule has 1 aliphatic carbocycles. The molecule has 4 rings (SSSR count). The highest BCUT2D eigenvalue weighted by molar-refractivity contribution is 5.90. The zero-order valence-corrected chi connectivity index (χ0v) is 15.1. The van der Waals surface area contributed by atoms with Crippen LogP contribution in [0, 0.1) is 0 Å². The number of H-pyrrole nitrogens is 1. The van der Waals surface area contributed by atoms with Crippen LogP contribution in [0.15, 0.2) is 42.7 Å². The maximum Gasteiger partial charge on any atom is 0.225 e. The van der Waals surface area contributed by atoms with Crippen LogP contribution in [0.2, 0.25) is 0 Å². The second-order valence-corrected chi connectivity index (χ2v) is 7.21. The number of anilines is 1. The minimum Gasteiger partial charge on any atom is -0.361 e. The average molecular weight is 350 g/mol. The molecule has 1 saturated carbocycles. The van der Waals surface area contributed by atoms with E-state index in [1.54, 1.807) is 6.20 Å². The van der Waals surface area contributed by atoms with Crippen LogP contribution in [0.25, 0.3) is 10.9 Å². The first-order chi connectivity index (χ1) is 12.8. The largest absolute Gasteiger partial charge is 0.361 e. The topological polar surface area (TPSA) is 62.7 Å². The maximum absolute atomic E-state index is 12.4. The molecule has 0 radical (unpaired) electrons. The number of nitrogens with zero attached hydrogens (tertiary/aromatic N) is 2. The fourth-order valence-electron chi connectivity index (χ4n) is 4.01. The fraction of sp³-hybridized carbons (Fsp3) is 0.429. The lowest BCUT2D eigenvalue weighted by Crippen LogP contribution is -2.20. The molecule has 0 aliphatic heterocycles. The number of carbonyl (C=O) groups is 1. The van der Waals surface area contributed by atoms with Crippen LogP contribution in [-0.4, -0.2) is 20.7 Å². The van der Waals surface area contributed by atoms with Gasteiger partial charge in [0.25, 0.3) is 0 Å². The normalized spacial score (nSPS) is 15.4. The number of aryl methyl sites for hydroxylation is 1. The lowest BCUT2D eigenvalue weighted by atomic mass is 9.96. The van der Waals surface area contributed by atoms with Gasteiger partial charge in [-0.05, 0) is 37.3 Å². The van der Waals surface area contributed by atoms with Crippen molar-refractivity contribution in [1.29, 1.82) is 0 Å². The van der Waals surface area contributed by atoms with Gasteiger partial charge in [-0.25, -0.2) is 4.68 Å². The summed E-state index contributed by atoms with van der Waals surface area (Å²) in [7, 11) is 0. The molecule has 1 aromatic carbocycles. The molecule has 0 atom stereocenters. The Bertz CT molecular complexity index is 873. The third-order valence-electron chi connectivity index (χ3n) is 5.38. The van der Waals surface area contributed by atoms with E-state index in [1.807, 2.05) is 16.8 Å². The number of para-hydroxylation sites is 1. The summed E-state index contributed by atoms with van der Waals surface area (Å²) in [5.74, 6) is 0.913. The number of aromatic nitrogens is 3. The SMILES string of the molecule is O=C(CCCc1c[nH]c2ccccc12)Nc1ccnn1C1CCCCC1. The molecule has 5 nitrogen and oxygen atoms in total. The van der Waals surface area contributed by atoms with Crippen molar-refractivity contribution >= 4 is 22.6 Å². The number of hydrogen-bond acceptors (Lipinski definition) is 2. The van der Waals surface area contributed by atoms with Crippen LogP contribution >= 0.6 is 0 Å². The van der Waals surface area contributed by atoms with Gasteiger partial charge >= 0.3 is 0 Å². The highest BCUT2D eigenvalue weighted by Crippen LogP contribution is 2.30. The van der Waals surface area contributed by atoms with Crippen LogP contribution < -0.4 is 5.32 Å². The van der Waals surface area contributed by atoms with Crippen molar-refractivity contribution in [2.45, 2.75) is 57.4 Å². The van der Waals surface area contributed by atoms with Crippen molar-refractivity contribution in [3.8, 4) is 0 Å². The number of fused-ring (bicyclic) bond motifs is 1. The van der Waals surface area contributed by atoms with Crippen LogP contribution in [0.3, 0.4) is 0 Å². The van der Waals surface area contributed by atoms with Crippen molar-refractivity contribution in [3.63, 3.8) is 0 Å². The Labute approximate surface area is 153 Å². The number of carbonyl (C=O) groups excluding carboxylic acids is 1. The van der Waals surface area contributed by atoms with Gasteiger partial charge in [-0.1, -0.05) is 37.5 Å². The first-order valence-corrected chi connectivity index (χ1v) is 9.69. The summed E-state index contributed by atoms with van der Waals surface area (Å²) in [6, 6.07) is 10.6. The number of benzene rings is 1. The molecule has 0 unspecified atom stereocenters. The monoisotopic (exact) mass is 350 g/mol. The summed E-state index contributed by atoms with van der Waals surface area (Å²) < 4.78 is 2.01. The summed E-state index contributed by atoms with van der Waals surface area (Å²) in [6.07, 6.45) is 12.2. The predicted molar refractivity (Wildman–Crippen MR) is 104 cm³/mol. The smallest absolute Gasteiger partial charge is 0.225 e. The van der Waals surface area contributed by atoms with Gasteiger partial charge in [0.15, 0.2) is 0 Å². The second kappa shape index (κ2) is 7.77. The lowest BCUT2D eigenvalue weighted by molar-refractivity contribution is -0.116. The zero-order chi connectivity index (χ0) is 17.8. The molecule has 3 aromatic rings. The van der Waals surface area contributed by atoms with Gasteiger partial charge in [-0.15, -0.1) is 0 Å². The van der Waals surface area contributed by atoms with E-state index in [9.17, 15) is 4.79 Å². The number of nitrogens with one attached hydrogen (secondary N) is 2. The minimum atomic E-state index is 0.0717. The van der Waals surface area contributed by atoms with Crippen LogP contribution in [0.1, 0.15) is 56.6 Å². The number of amides is 1. The van der Waals surface area contributed by atoms with Crippen LogP contribution in [0.4, 0.5) is 5.82 Å². The minimum absolute atomic E-state index is 0.0717. The molecular formula is C21H26N4O. The predicted octanol–water partition coefficient (Wildman–Crippen LogP) is 4.83. The van der Waals surface area contributed by atoms with Crippen molar-refractivity contribution in [3.05, 3.63) is 48.3 Å². The van der Waals surface area contributed by atoms with Gasteiger partial charge in [0.05, 0.1) is 12.2 Å². The van der Waals surface area contributed by atoms with E-state index in [0.717, 1.165) is 37.0 Å². The van der Waals surface area contributed by atoms with E-state index in [-0.39, 0.29) is 5.91 Å². The molecule has 2 N–H and O–H groups in total. The van der Waals surface area contributed by atoms with Crippen molar-refractivity contribution < 1.29 is 4.79 Å². The van der Waals surface area contributed by atoms with E-state index in [4.69, 9.17) is 0 Å². The number of hydrogen-bond donors (Lipinski definition) is 2. The lowest BCUT2D eigenvalue weighted by Gasteiger charge is -2.23. The van der Waals surface area contributed by atoms with Crippen LogP contribution in [0.5, 0.6) is 0 Å². The quantitative estimate of drug-likeness (QED) is 0.669. The molecule has 0 saturated heterocycles. The summed E-state index contributed by atoms with van der Waals surface area (Å²) >= 11 is 0. The Kier molecular flexibility index (Phi) is 5.04. The van der Waals surface area contributed by atoms with Gasteiger partial charge in [0.2, 0.25) is 5.91 Å². The Balaban J connectivity index is 1.31. The Morgan fingerprint density at radius 1 is 1.19 bits per heavy atom. The van der Waals surface area contributed by atoms with E-state index >= 15 is 0 Å². The second-order valence-electron chi connectivity index (χ2n) is 7.21. The molecule has 2 heterocycles. The highest BCUT2D eigenvalue weighted by Gasteiger charge is 2.19. The summed E-state index contributed by atoms with van der Waals surface area (Å²) in [5, 5.41) is 8.76. The summed E-state index contributed by atoms with van der Waals surface area (Å²) in [4.78, 5) is 15.7. The Morgan fingerprint density at radius 2 is 2.04 bits per heavy atom. The molecule has 5 heteroatoms. The van der Waals surface area contributed by atoms with Crippen LogP contribution in [-0.2, 0) is 11.2 Å². The van der Waals surface area contributed by atoms with E-state index < -0.39 is 0 Å². The first kappa shape index (κ1) is 16.9. The molecule has 26 heavy (non-hydrogen) atoms. The summed E-state index contributed by atoms with van der Waals surface area (Å²) in [6.45, 7) is 0. The molecule has 1 aliphatic rings. The highest BCUT2D eigenvalue weighted by atomic mass is 16.1. The van der Waals surface area contributed by atoms with Gasteiger partial charge < -0.3 is 10.3 Å².